The zero-order valence-electron chi connectivity index (χ0n) is 8.84. The molecule has 1 saturated carbocycles. The van der Waals surface area contributed by atoms with Gasteiger partial charge in [-0.3, -0.25) is 4.79 Å². The summed E-state index contributed by atoms with van der Waals surface area (Å²) < 4.78 is 0. The molecular formula is C13H16O. The molecule has 0 bridgehead atoms. The van der Waals surface area contributed by atoms with E-state index in [4.69, 9.17) is 0 Å². The number of hydrogen-bond acceptors (Lipinski definition) is 1. The first-order valence-corrected chi connectivity index (χ1v) is 5.19. The van der Waals surface area contributed by atoms with Gasteiger partial charge in [0.15, 0.2) is 0 Å². The molecule has 74 valence electrons. The van der Waals surface area contributed by atoms with Crippen LogP contribution in [0.5, 0.6) is 0 Å². The SMILES string of the molecule is CC(=O)CC1(c2ccc(C)cc2)CC1. The summed E-state index contributed by atoms with van der Waals surface area (Å²) >= 11 is 0. The average molecular weight is 188 g/mol. The van der Waals surface area contributed by atoms with Crippen LogP contribution in [0, 0.1) is 6.92 Å². The molecule has 2 rings (SSSR count). The maximum absolute atomic E-state index is 11.1. The van der Waals surface area contributed by atoms with Gasteiger partial charge in [-0.1, -0.05) is 29.8 Å². The third-order valence-corrected chi connectivity index (χ3v) is 3.10. The Bertz CT molecular complexity index is 344. The van der Waals surface area contributed by atoms with Crippen LogP contribution >= 0.6 is 0 Å². The van der Waals surface area contributed by atoms with Crippen LogP contribution in [0.25, 0.3) is 0 Å². The van der Waals surface area contributed by atoms with Crippen LogP contribution in [0.3, 0.4) is 0 Å². The summed E-state index contributed by atoms with van der Waals surface area (Å²) in [7, 11) is 0. The molecule has 0 amide bonds. The van der Waals surface area contributed by atoms with Crippen LogP contribution in [-0.2, 0) is 10.2 Å². The van der Waals surface area contributed by atoms with Crippen LogP contribution in [0.15, 0.2) is 24.3 Å². The lowest BCUT2D eigenvalue weighted by Gasteiger charge is -2.13. The Morgan fingerprint density at radius 1 is 1.29 bits per heavy atom. The second kappa shape index (κ2) is 3.23. The molecule has 1 aliphatic rings. The highest BCUT2D eigenvalue weighted by Gasteiger charge is 2.44. The molecule has 0 atom stereocenters. The fourth-order valence-corrected chi connectivity index (χ4v) is 2.10. The van der Waals surface area contributed by atoms with E-state index in [0.29, 0.717) is 5.78 Å². The van der Waals surface area contributed by atoms with Gasteiger partial charge < -0.3 is 0 Å². The fraction of sp³-hybridized carbons (Fsp3) is 0.462. The molecule has 0 heterocycles. The van der Waals surface area contributed by atoms with Crippen molar-refractivity contribution >= 4 is 5.78 Å². The molecule has 1 aromatic rings. The van der Waals surface area contributed by atoms with Gasteiger partial charge in [-0.05, 0) is 32.3 Å². The summed E-state index contributed by atoms with van der Waals surface area (Å²) in [6.45, 7) is 3.78. The number of carbonyl (C=O) groups excluding carboxylic acids is 1. The molecule has 1 heteroatoms. The van der Waals surface area contributed by atoms with E-state index in [-0.39, 0.29) is 5.41 Å². The van der Waals surface area contributed by atoms with Crippen LogP contribution < -0.4 is 0 Å². The molecule has 14 heavy (non-hydrogen) atoms. The molecule has 0 N–H and O–H groups in total. The van der Waals surface area contributed by atoms with Gasteiger partial charge in [0.1, 0.15) is 5.78 Å². The first-order chi connectivity index (χ1) is 6.62. The van der Waals surface area contributed by atoms with E-state index in [1.807, 2.05) is 0 Å². The Labute approximate surface area is 85.1 Å². The van der Waals surface area contributed by atoms with Gasteiger partial charge >= 0.3 is 0 Å². The zero-order valence-corrected chi connectivity index (χ0v) is 8.84. The zero-order chi connectivity index (χ0) is 10.2. The minimum absolute atomic E-state index is 0.208. The standard InChI is InChI=1S/C13H16O/c1-10-3-5-12(6-4-10)13(7-8-13)9-11(2)14/h3-6H,7-9H2,1-2H3. The van der Waals surface area contributed by atoms with Crippen LogP contribution in [0.2, 0.25) is 0 Å². The van der Waals surface area contributed by atoms with Gasteiger partial charge in [-0.25, -0.2) is 0 Å². The van der Waals surface area contributed by atoms with Gasteiger partial charge in [0.25, 0.3) is 0 Å². The highest BCUT2D eigenvalue weighted by Crippen LogP contribution is 2.51. The summed E-state index contributed by atoms with van der Waals surface area (Å²) in [4.78, 5) is 11.1. The lowest BCUT2D eigenvalue weighted by molar-refractivity contribution is -0.117. The van der Waals surface area contributed by atoms with Gasteiger partial charge in [-0.2, -0.15) is 0 Å². The highest BCUT2D eigenvalue weighted by molar-refractivity contribution is 5.78. The Morgan fingerprint density at radius 3 is 2.29 bits per heavy atom. The molecule has 1 nitrogen and oxygen atoms in total. The summed E-state index contributed by atoms with van der Waals surface area (Å²) in [5.41, 5.74) is 2.84. The second-order valence-electron chi connectivity index (χ2n) is 4.53. The van der Waals surface area contributed by atoms with Crippen molar-refractivity contribution < 1.29 is 4.79 Å². The number of aryl methyl sites for hydroxylation is 1. The molecule has 1 aromatic carbocycles. The smallest absolute Gasteiger partial charge is 0.130 e. The fourth-order valence-electron chi connectivity index (χ4n) is 2.10. The Hall–Kier alpha value is -1.11. The van der Waals surface area contributed by atoms with Crippen molar-refractivity contribution in [3.63, 3.8) is 0 Å². The van der Waals surface area contributed by atoms with E-state index in [9.17, 15) is 4.79 Å². The maximum Gasteiger partial charge on any atom is 0.130 e. The number of benzene rings is 1. The molecule has 1 fully saturated rings. The number of ketones is 1. The maximum atomic E-state index is 11.1. The van der Waals surface area contributed by atoms with Gasteiger partial charge in [0.2, 0.25) is 0 Å². The highest BCUT2D eigenvalue weighted by atomic mass is 16.1. The molecular weight excluding hydrogens is 172 g/mol. The first kappa shape index (κ1) is 9.45. The monoisotopic (exact) mass is 188 g/mol. The molecule has 0 unspecified atom stereocenters. The predicted molar refractivity (Wildman–Crippen MR) is 57.4 cm³/mol. The van der Waals surface area contributed by atoms with E-state index in [2.05, 4.69) is 31.2 Å². The minimum Gasteiger partial charge on any atom is -0.300 e. The quantitative estimate of drug-likeness (QED) is 0.712. The Morgan fingerprint density at radius 2 is 1.86 bits per heavy atom. The number of carbonyl (C=O) groups is 1. The number of Topliss-reactive ketones (excluding diaryl/α,β-unsaturated/α-hetero) is 1. The van der Waals surface area contributed by atoms with E-state index in [1.54, 1.807) is 6.92 Å². The van der Waals surface area contributed by atoms with Crippen molar-refractivity contribution in [2.24, 2.45) is 0 Å². The van der Waals surface area contributed by atoms with Crippen molar-refractivity contribution in [1.82, 2.24) is 0 Å². The summed E-state index contributed by atoms with van der Waals surface area (Å²) in [6, 6.07) is 8.61. The lowest BCUT2D eigenvalue weighted by Crippen LogP contribution is -2.11. The van der Waals surface area contributed by atoms with Crippen molar-refractivity contribution in [2.45, 2.75) is 38.5 Å². The number of rotatable bonds is 3. The van der Waals surface area contributed by atoms with Crippen LogP contribution in [0.4, 0.5) is 0 Å². The van der Waals surface area contributed by atoms with E-state index >= 15 is 0 Å². The van der Waals surface area contributed by atoms with E-state index < -0.39 is 0 Å². The van der Waals surface area contributed by atoms with Gasteiger partial charge in [-0.15, -0.1) is 0 Å². The third kappa shape index (κ3) is 1.72. The van der Waals surface area contributed by atoms with Crippen molar-refractivity contribution in [3.05, 3.63) is 35.4 Å². The first-order valence-electron chi connectivity index (χ1n) is 5.19. The van der Waals surface area contributed by atoms with Crippen molar-refractivity contribution in [2.75, 3.05) is 0 Å². The summed E-state index contributed by atoms with van der Waals surface area (Å²) in [6.07, 6.45) is 3.07. The minimum atomic E-state index is 0.208. The molecule has 0 aromatic heterocycles. The largest absolute Gasteiger partial charge is 0.300 e. The second-order valence-corrected chi connectivity index (χ2v) is 4.53. The molecule has 0 saturated heterocycles. The van der Waals surface area contributed by atoms with E-state index in [0.717, 1.165) is 6.42 Å². The Balaban J connectivity index is 2.22. The van der Waals surface area contributed by atoms with Crippen molar-refractivity contribution in [1.29, 1.82) is 0 Å². The molecule has 0 aliphatic heterocycles. The number of hydrogen-bond donors (Lipinski definition) is 0. The third-order valence-electron chi connectivity index (χ3n) is 3.10. The summed E-state index contributed by atoms with van der Waals surface area (Å²) in [5, 5.41) is 0. The Kier molecular flexibility index (Phi) is 2.18. The van der Waals surface area contributed by atoms with Crippen LogP contribution in [-0.4, -0.2) is 5.78 Å². The van der Waals surface area contributed by atoms with Gasteiger partial charge in [0.05, 0.1) is 0 Å². The molecule has 1 aliphatic carbocycles. The molecule has 0 radical (unpaired) electrons. The predicted octanol–water partition coefficient (Wildman–Crippen LogP) is 3.01. The normalized spacial score (nSPS) is 17.9. The molecule has 0 spiro atoms. The summed E-state index contributed by atoms with van der Waals surface area (Å²) in [5.74, 6) is 0.308. The van der Waals surface area contributed by atoms with E-state index in [1.165, 1.54) is 24.0 Å². The topological polar surface area (TPSA) is 17.1 Å². The van der Waals surface area contributed by atoms with Crippen LogP contribution in [0.1, 0.15) is 37.3 Å². The lowest BCUT2D eigenvalue weighted by atomic mass is 9.90. The van der Waals surface area contributed by atoms with Gasteiger partial charge in [0, 0.05) is 11.8 Å². The van der Waals surface area contributed by atoms with Crippen molar-refractivity contribution in [3.8, 4) is 0 Å². The average Bonchev–Trinajstić information content (AvgIpc) is 2.85.